The Hall–Kier alpha value is -0.0400. The number of hydrogen-bond acceptors (Lipinski definition) is 1. The van der Waals surface area contributed by atoms with Gasteiger partial charge in [-0.3, -0.25) is 0 Å². The van der Waals surface area contributed by atoms with Crippen molar-refractivity contribution in [1.29, 1.82) is 0 Å². The molecule has 2 N–H and O–H groups in total. The monoisotopic (exact) mass is 331 g/mol. The Balaban J connectivity index is 1.62. The molecule has 1 nitrogen and oxygen atoms in total. The Morgan fingerprint density at radius 3 is 2.42 bits per heavy atom. The fourth-order valence-corrected chi connectivity index (χ4v) is 8.54. The number of fused-ring (bicyclic) bond motifs is 5. The highest BCUT2D eigenvalue weighted by Crippen LogP contribution is 2.68. The van der Waals surface area contributed by atoms with E-state index in [0.29, 0.717) is 10.8 Å². The molecule has 0 bridgehead atoms. The Morgan fingerprint density at radius 1 is 0.833 bits per heavy atom. The molecule has 0 aromatic rings. The van der Waals surface area contributed by atoms with Gasteiger partial charge in [-0.2, -0.15) is 0 Å². The van der Waals surface area contributed by atoms with E-state index in [1.54, 1.807) is 0 Å². The van der Waals surface area contributed by atoms with Crippen LogP contribution in [0.2, 0.25) is 0 Å². The average molecular weight is 332 g/mol. The van der Waals surface area contributed by atoms with Gasteiger partial charge in [0.25, 0.3) is 0 Å². The molecule has 0 spiro atoms. The maximum absolute atomic E-state index is 7.42. The minimum Gasteiger partial charge on any atom is -0.325 e. The zero-order valence-electron chi connectivity index (χ0n) is 16.6. The smallest absolute Gasteiger partial charge is 0.0222 e. The first kappa shape index (κ1) is 17.4. The van der Waals surface area contributed by atoms with E-state index in [1.165, 1.54) is 83.5 Å². The predicted molar refractivity (Wildman–Crippen MR) is 103 cm³/mol. The van der Waals surface area contributed by atoms with Crippen LogP contribution in [-0.2, 0) is 0 Å². The molecular formula is C23H41N. The number of rotatable bonds is 3. The summed E-state index contributed by atoms with van der Waals surface area (Å²) in [6, 6.07) is 0. The second-order valence-electron chi connectivity index (χ2n) is 10.7. The molecule has 0 aromatic carbocycles. The summed E-state index contributed by atoms with van der Waals surface area (Å²) < 4.78 is 0. The first-order chi connectivity index (χ1) is 11.4. The fraction of sp³-hybridized carbons (Fsp3) is 1.00. The molecule has 7 atom stereocenters. The second kappa shape index (κ2) is 6.00. The van der Waals surface area contributed by atoms with Crippen LogP contribution in [0.25, 0.3) is 0 Å². The van der Waals surface area contributed by atoms with Gasteiger partial charge in [0.05, 0.1) is 0 Å². The van der Waals surface area contributed by atoms with Crippen LogP contribution in [0.4, 0.5) is 0 Å². The summed E-state index contributed by atoms with van der Waals surface area (Å²) in [5, 5.41) is 0. The van der Waals surface area contributed by atoms with Crippen molar-refractivity contribution in [2.24, 2.45) is 40.2 Å². The molecule has 0 radical (unpaired) electrons. The van der Waals surface area contributed by atoms with Crippen molar-refractivity contribution in [2.45, 2.75) is 110 Å². The van der Waals surface area contributed by atoms with Crippen molar-refractivity contribution in [2.75, 3.05) is 0 Å². The molecule has 4 rings (SSSR count). The van der Waals surface area contributed by atoms with Gasteiger partial charge in [0.1, 0.15) is 0 Å². The first-order valence-corrected chi connectivity index (χ1v) is 11.2. The normalized spacial score (nSPS) is 54.0. The third kappa shape index (κ3) is 2.29. The molecule has 0 aromatic heterocycles. The molecule has 0 amide bonds. The summed E-state index contributed by atoms with van der Waals surface area (Å²) in [5.41, 5.74) is 8.70. The van der Waals surface area contributed by atoms with Gasteiger partial charge in [-0.05, 0) is 92.3 Å². The van der Waals surface area contributed by atoms with Gasteiger partial charge in [-0.1, -0.05) is 46.5 Å². The third-order valence-corrected chi connectivity index (χ3v) is 9.88. The maximum Gasteiger partial charge on any atom is 0.0222 e. The molecule has 1 heteroatoms. The van der Waals surface area contributed by atoms with Crippen molar-refractivity contribution >= 4 is 0 Å². The van der Waals surface area contributed by atoms with Crippen molar-refractivity contribution < 1.29 is 0 Å². The lowest BCUT2D eigenvalue weighted by atomic mass is 9.42. The molecule has 0 aliphatic heterocycles. The highest BCUT2D eigenvalue weighted by atomic mass is 14.9. The fourth-order valence-electron chi connectivity index (χ4n) is 8.54. The minimum absolute atomic E-state index is 0.163. The zero-order chi connectivity index (χ0) is 17.0. The lowest BCUT2D eigenvalue weighted by Gasteiger charge is -2.65. The molecule has 7 unspecified atom stereocenters. The highest BCUT2D eigenvalue weighted by Gasteiger charge is 2.64. The van der Waals surface area contributed by atoms with Gasteiger partial charge in [-0.15, -0.1) is 0 Å². The minimum atomic E-state index is 0.163. The highest BCUT2D eigenvalue weighted by molar-refractivity contribution is 5.17. The summed E-state index contributed by atoms with van der Waals surface area (Å²) in [6.45, 7) is 7.64. The van der Waals surface area contributed by atoms with Crippen LogP contribution < -0.4 is 5.73 Å². The van der Waals surface area contributed by atoms with Crippen molar-refractivity contribution in [3.63, 3.8) is 0 Å². The molecule has 24 heavy (non-hydrogen) atoms. The van der Waals surface area contributed by atoms with Gasteiger partial charge < -0.3 is 5.73 Å². The standard InChI is InChI=1S/C23H41N/c1-4-5-8-17-10-11-19-22(17,3)15-13-20-21(2)14-7-6-9-18(21)12-16-23(19,20)24/h17-20H,4-16,24H2,1-3H3. The first-order valence-electron chi connectivity index (χ1n) is 11.2. The van der Waals surface area contributed by atoms with Crippen molar-refractivity contribution in [3.05, 3.63) is 0 Å². The lowest BCUT2D eigenvalue weighted by molar-refractivity contribution is -0.126. The average Bonchev–Trinajstić information content (AvgIpc) is 2.90. The van der Waals surface area contributed by atoms with Crippen LogP contribution >= 0.6 is 0 Å². The number of unbranched alkanes of at least 4 members (excludes halogenated alkanes) is 1. The molecule has 4 fully saturated rings. The van der Waals surface area contributed by atoms with Crippen LogP contribution in [0.15, 0.2) is 0 Å². The van der Waals surface area contributed by atoms with E-state index in [2.05, 4.69) is 20.8 Å². The quantitative estimate of drug-likeness (QED) is 0.644. The lowest BCUT2D eigenvalue weighted by Crippen LogP contribution is -2.67. The second-order valence-corrected chi connectivity index (χ2v) is 10.7. The topological polar surface area (TPSA) is 26.0 Å². The number of hydrogen-bond donors (Lipinski definition) is 1. The largest absolute Gasteiger partial charge is 0.325 e. The Morgan fingerprint density at radius 2 is 1.62 bits per heavy atom. The van der Waals surface area contributed by atoms with Crippen LogP contribution in [0.1, 0.15) is 104 Å². The van der Waals surface area contributed by atoms with Crippen LogP contribution in [0.3, 0.4) is 0 Å². The Bertz CT molecular complexity index is 473. The van der Waals surface area contributed by atoms with Crippen molar-refractivity contribution in [3.8, 4) is 0 Å². The summed E-state index contributed by atoms with van der Waals surface area (Å²) >= 11 is 0. The zero-order valence-corrected chi connectivity index (χ0v) is 16.6. The summed E-state index contributed by atoms with van der Waals surface area (Å²) in [7, 11) is 0. The van der Waals surface area contributed by atoms with Gasteiger partial charge in [0, 0.05) is 5.54 Å². The number of nitrogens with two attached hydrogens (primary N) is 1. The van der Waals surface area contributed by atoms with E-state index < -0.39 is 0 Å². The van der Waals surface area contributed by atoms with E-state index in [-0.39, 0.29) is 5.54 Å². The molecule has 0 heterocycles. The Labute approximate surface area is 150 Å². The van der Waals surface area contributed by atoms with Crippen molar-refractivity contribution in [1.82, 2.24) is 0 Å². The van der Waals surface area contributed by atoms with Gasteiger partial charge in [-0.25, -0.2) is 0 Å². The van der Waals surface area contributed by atoms with Crippen LogP contribution in [0, 0.1) is 34.5 Å². The van der Waals surface area contributed by atoms with Crippen LogP contribution in [-0.4, -0.2) is 5.54 Å². The molecule has 4 aliphatic carbocycles. The summed E-state index contributed by atoms with van der Waals surface area (Å²) in [4.78, 5) is 0. The predicted octanol–water partition coefficient (Wildman–Crippen LogP) is 6.31. The van der Waals surface area contributed by atoms with Gasteiger partial charge >= 0.3 is 0 Å². The van der Waals surface area contributed by atoms with E-state index >= 15 is 0 Å². The van der Waals surface area contributed by atoms with E-state index in [4.69, 9.17) is 5.73 Å². The van der Waals surface area contributed by atoms with Crippen LogP contribution in [0.5, 0.6) is 0 Å². The summed E-state index contributed by atoms with van der Waals surface area (Å²) in [6.07, 6.45) is 18.7. The van der Waals surface area contributed by atoms with E-state index in [9.17, 15) is 0 Å². The Kier molecular flexibility index (Phi) is 4.34. The molecule has 4 aliphatic rings. The van der Waals surface area contributed by atoms with E-state index in [1.807, 2.05) is 0 Å². The molecule has 138 valence electrons. The SMILES string of the molecule is CCCCC1CCC2C1(C)CCC1C3(C)CCCCC3CCC12N. The third-order valence-electron chi connectivity index (χ3n) is 9.88. The van der Waals surface area contributed by atoms with Gasteiger partial charge in [0.2, 0.25) is 0 Å². The molecule has 4 saturated carbocycles. The summed E-state index contributed by atoms with van der Waals surface area (Å²) in [5.74, 6) is 3.56. The van der Waals surface area contributed by atoms with Gasteiger partial charge in [0.15, 0.2) is 0 Å². The maximum atomic E-state index is 7.42. The molecule has 0 saturated heterocycles. The van der Waals surface area contributed by atoms with E-state index in [0.717, 1.165) is 23.7 Å². The molecular weight excluding hydrogens is 290 g/mol.